The molecule has 2 rings (SSSR count). The van der Waals surface area contributed by atoms with E-state index in [0.717, 1.165) is 5.56 Å². The number of carbonyl (C=O) groups excluding carboxylic acids is 3. The summed E-state index contributed by atoms with van der Waals surface area (Å²) >= 11 is 0. The van der Waals surface area contributed by atoms with Crippen molar-refractivity contribution in [2.45, 2.75) is 40.3 Å². The first-order valence-corrected chi connectivity index (χ1v) is 8.25. The molecule has 1 atom stereocenters. The van der Waals surface area contributed by atoms with Crippen molar-refractivity contribution >= 4 is 17.7 Å². The standard InChI is InChI=1S/C19H23N3O4/c1-11-16(12(2)21-17(11)19(25)26-5)18(24)13(3)22(14(4)23)10-15-6-8-20-9-7-15/h6-9,13,21H,10H2,1-5H3/t13-/m0/s1. The average Bonchev–Trinajstić information content (AvgIpc) is 2.92. The number of ketones is 1. The van der Waals surface area contributed by atoms with Crippen molar-refractivity contribution in [3.05, 3.63) is 52.6 Å². The summed E-state index contributed by atoms with van der Waals surface area (Å²) in [6.07, 6.45) is 3.28. The van der Waals surface area contributed by atoms with Crippen molar-refractivity contribution in [3.63, 3.8) is 0 Å². The molecule has 1 N–H and O–H groups in total. The second-order valence-electron chi connectivity index (χ2n) is 6.16. The molecular formula is C19H23N3O4. The van der Waals surface area contributed by atoms with Gasteiger partial charge in [0.1, 0.15) is 5.69 Å². The normalized spacial score (nSPS) is 11.7. The van der Waals surface area contributed by atoms with E-state index in [-0.39, 0.29) is 17.4 Å². The summed E-state index contributed by atoms with van der Waals surface area (Å²) in [5.41, 5.74) is 2.65. The first-order valence-electron chi connectivity index (χ1n) is 8.25. The van der Waals surface area contributed by atoms with Gasteiger partial charge in [0.15, 0.2) is 5.78 Å². The molecule has 0 fully saturated rings. The number of pyridine rings is 1. The van der Waals surface area contributed by atoms with Gasteiger partial charge in [-0.1, -0.05) is 0 Å². The van der Waals surface area contributed by atoms with Crippen LogP contribution in [0.4, 0.5) is 0 Å². The number of carbonyl (C=O) groups is 3. The fraction of sp³-hybridized carbons (Fsp3) is 0.368. The average molecular weight is 357 g/mol. The first kappa shape index (κ1) is 19.4. The monoisotopic (exact) mass is 357 g/mol. The molecule has 2 aromatic rings. The maximum absolute atomic E-state index is 13.1. The number of H-pyrrole nitrogens is 1. The highest BCUT2D eigenvalue weighted by molar-refractivity contribution is 6.06. The van der Waals surface area contributed by atoms with E-state index in [2.05, 4.69) is 9.97 Å². The molecule has 0 aliphatic carbocycles. The van der Waals surface area contributed by atoms with Crippen LogP contribution in [-0.2, 0) is 16.1 Å². The number of nitrogens with one attached hydrogen (secondary N) is 1. The minimum absolute atomic E-state index is 0.207. The molecular weight excluding hydrogens is 334 g/mol. The zero-order valence-electron chi connectivity index (χ0n) is 15.6. The Morgan fingerprint density at radius 2 is 1.85 bits per heavy atom. The molecule has 0 aliphatic heterocycles. The predicted molar refractivity (Wildman–Crippen MR) is 95.9 cm³/mol. The van der Waals surface area contributed by atoms with Gasteiger partial charge in [0.05, 0.1) is 13.2 Å². The van der Waals surface area contributed by atoms with Crippen LogP contribution in [0.5, 0.6) is 0 Å². The van der Waals surface area contributed by atoms with E-state index in [9.17, 15) is 14.4 Å². The summed E-state index contributed by atoms with van der Waals surface area (Å²) in [7, 11) is 1.29. The highest BCUT2D eigenvalue weighted by atomic mass is 16.5. The van der Waals surface area contributed by atoms with Crippen LogP contribution >= 0.6 is 0 Å². The van der Waals surface area contributed by atoms with Gasteiger partial charge in [-0.2, -0.15) is 0 Å². The Kier molecular flexibility index (Phi) is 5.92. The zero-order chi connectivity index (χ0) is 19.4. The van der Waals surface area contributed by atoms with Crippen LogP contribution in [0.15, 0.2) is 24.5 Å². The molecule has 0 saturated heterocycles. The lowest BCUT2D eigenvalue weighted by Crippen LogP contribution is -2.42. The molecule has 0 radical (unpaired) electrons. The first-order chi connectivity index (χ1) is 12.3. The van der Waals surface area contributed by atoms with Crippen LogP contribution in [0.2, 0.25) is 0 Å². The number of aromatic amines is 1. The van der Waals surface area contributed by atoms with E-state index in [1.165, 1.54) is 18.9 Å². The summed E-state index contributed by atoms with van der Waals surface area (Å²) in [6, 6.07) is 2.92. The van der Waals surface area contributed by atoms with E-state index in [0.29, 0.717) is 23.4 Å². The molecule has 7 nitrogen and oxygen atoms in total. The van der Waals surface area contributed by atoms with Crippen molar-refractivity contribution in [3.8, 4) is 0 Å². The minimum Gasteiger partial charge on any atom is -0.464 e. The number of rotatable bonds is 6. The van der Waals surface area contributed by atoms with Crippen LogP contribution in [0, 0.1) is 13.8 Å². The second kappa shape index (κ2) is 7.95. The van der Waals surface area contributed by atoms with E-state index in [1.54, 1.807) is 45.3 Å². The van der Waals surface area contributed by atoms with Gasteiger partial charge in [0.2, 0.25) is 5.91 Å². The minimum atomic E-state index is -0.681. The topological polar surface area (TPSA) is 92.4 Å². The number of nitrogens with zero attached hydrogens (tertiary/aromatic N) is 2. The maximum atomic E-state index is 13.1. The summed E-state index contributed by atoms with van der Waals surface area (Å²) in [6.45, 7) is 6.84. The maximum Gasteiger partial charge on any atom is 0.354 e. The van der Waals surface area contributed by atoms with Gasteiger partial charge < -0.3 is 14.6 Å². The quantitative estimate of drug-likeness (QED) is 0.633. The summed E-state index contributed by atoms with van der Waals surface area (Å²) < 4.78 is 4.74. The summed E-state index contributed by atoms with van der Waals surface area (Å²) in [5.74, 6) is -0.963. The fourth-order valence-electron chi connectivity index (χ4n) is 2.98. The number of methoxy groups -OCH3 is 1. The Bertz CT molecular complexity index is 827. The van der Waals surface area contributed by atoms with Crippen molar-refractivity contribution in [1.82, 2.24) is 14.9 Å². The van der Waals surface area contributed by atoms with E-state index >= 15 is 0 Å². The van der Waals surface area contributed by atoms with Gasteiger partial charge in [-0.05, 0) is 44.0 Å². The molecule has 1 amide bonds. The number of amides is 1. The number of Topliss-reactive ketones (excluding diaryl/α,β-unsaturated/α-hetero) is 1. The largest absolute Gasteiger partial charge is 0.464 e. The van der Waals surface area contributed by atoms with Crippen molar-refractivity contribution in [2.75, 3.05) is 7.11 Å². The van der Waals surface area contributed by atoms with Gasteiger partial charge in [0.25, 0.3) is 0 Å². The SMILES string of the molecule is COC(=O)c1[nH]c(C)c(C(=O)[C@H](C)N(Cc2ccncc2)C(C)=O)c1C. The van der Waals surface area contributed by atoms with Gasteiger partial charge in [-0.3, -0.25) is 14.6 Å². The molecule has 2 heterocycles. The van der Waals surface area contributed by atoms with Gasteiger partial charge >= 0.3 is 5.97 Å². The van der Waals surface area contributed by atoms with E-state index < -0.39 is 12.0 Å². The van der Waals surface area contributed by atoms with E-state index in [1.807, 2.05) is 0 Å². The number of aryl methyl sites for hydroxylation is 1. The Morgan fingerprint density at radius 3 is 2.38 bits per heavy atom. The van der Waals surface area contributed by atoms with Gasteiger partial charge in [-0.25, -0.2) is 4.79 Å². The molecule has 0 saturated carbocycles. The molecule has 0 aromatic carbocycles. The van der Waals surface area contributed by atoms with Gasteiger partial charge in [0, 0.05) is 37.1 Å². The van der Waals surface area contributed by atoms with Crippen LogP contribution in [0.25, 0.3) is 0 Å². The van der Waals surface area contributed by atoms with Crippen molar-refractivity contribution in [2.24, 2.45) is 0 Å². The molecule has 7 heteroatoms. The van der Waals surface area contributed by atoms with Crippen LogP contribution < -0.4 is 0 Å². The molecule has 2 aromatic heterocycles. The Balaban J connectivity index is 2.33. The predicted octanol–water partition coefficient (Wildman–Crippen LogP) is 2.43. The lowest BCUT2D eigenvalue weighted by Gasteiger charge is -2.27. The number of hydrogen-bond donors (Lipinski definition) is 1. The number of esters is 1. The summed E-state index contributed by atoms with van der Waals surface area (Å²) in [4.78, 5) is 45.4. The second-order valence-corrected chi connectivity index (χ2v) is 6.16. The zero-order valence-corrected chi connectivity index (χ0v) is 15.6. The molecule has 0 spiro atoms. The number of aromatic nitrogens is 2. The van der Waals surface area contributed by atoms with Crippen molar-refractivity contribution < 1.29 is 19.1 Å². The van der Waals surface area contributed by atoms with Crippen LogP contribution in [0.1, 0.15) is 51.5 Å². The Labute approximate surface area is 152 Å². The Morgan fingerprint density at radius 1 is 1.23 bits per heavy atom. The third kappa shape index (κ3) is 3.82. The molecule has 0 bridgehead atoms. The molecule has 0 aliphatic rings. The smallest absolute Gasteiger partial charge is 0.354 e. The fourth-order valence-corrected chi connectivity index (χ4v) is 2.98. The lowest BCUT2D eigenvalue weighted by atomic mass is 9.99. The highest BCUT2D eigenvalue weighted by Crippen LogP contribution is 2.22. The van der Waals surface area contributed by atoms with E-state index in [4.69, 9.17) is 4.74 Å². The third-order valence-electron chi connectivity index (χ3n) is 4.43. The summed E-state index contributed by atoms with van der Waals surface area (Å²) in [5, 5.41) is 0. The number of ether oxygens (including phenoxy) is 1. The lowest BCUT2D eigenvalue weighted by molar-refractivity contribution is -0.130. The van der Waals surface area contributed by atoms with Crippen LogP contribution in [-0.4, -0.2) is 45.7 Å². The highest BCUT2D eigenvalue weighted by Gasteiger charge is 2.30. The Hall–Kier alpha value is -2.96. The number of hydrogen-bond acceptors (Lipinski definition) is 5. The van der Waals surface area contributed by atoms with Crippen LogP contribution in [0.3, 0.4) is 0 Å². The molecule has 0 unspecified atom stereocenters. The molecule has 26 heavy (non-hydrogen) atoms. The third-order valence-corrected chi connectivity index (χ3v) is 4.43. The van der Waals surface area contributed by atoms with Crippen molar-refractivity contribution in [1.29, 1.82) is 0 Å². The molecule has 138 valence electrons. The van der Waals surface area contributed by atoms with Gasteiger partial charge in [-0.15, -0.1) is 0 Å².